The molecule has 2 aromatic rings. The molecule has 2 aliphatic rings. The second kappa shape index (κ2) is 8.23. The van der Waals surface area contributed by atoms with Crippen LogP contribution in [0.25, 0.3) is 10.8 Å². The number of fused-ring (bicyclic) bond motifs is 1. The van der Waals surface area contributed by atoms with Crippen LogP contribution < -0.4 is 5.73 Å². The monoisotopic (exact) mass is 393 g/mol. The number of hydrogen-bond acceptors (Lipinski definition) is 3. The van der Waals surface area contributed by atoms with E-state index in [9.17, 15) is 14.4 Å². The maximum Gasteiger partial charge on any atom is 0.254 e. The smallest absolute Gasteiger partial charge is 0.254 e. The summed E-state index contributed by atoms with van der Waals surface area (Å²) < 4.78 is 0. The Kier molecular flexibility index (Phi) is 5.51. The van der Waals surface area contributed by atoms with Gasteiger partial charge in [-0.05, 0) is 42.0 Å². The number of nitrogens with two attached hydrogens (primary N) is 1. The first-order chi connectivity index (χ1) is 14.0. The molecule has 2 aliphatic heterocycles. The van der Waals surface area contributed by atoms with Crippen molar-refractivity contribution >= 4 is 28.5 Å². The average molecular weight is 393 g/mol. The second-order valence-electron chi connectivity index (χ2n) is 8.20. The minimum absolute atomic E-state index is 0.0374. The Morgan fingerprint density at radius 3 is 2.34 bits per heavy atom. The molecule has 2 N–H and O–H groups in total. The SMILES string of the molecule is NC(=O)CC1CCN(C(=O)C2CCN(C(=O)c3cccc4ccccc34)CC2)C1. The highest BCUT2D eigenvalue weighted by Crippen LogP contribution is 2.27. The Labute approximate surface area is 170 Å². The van der Waals surface area contributed by atoms with E-state index in [0.717, 1.165) is 22.8 Å². The summed E-state index contributed by atoms with van der Waals surface area (Å²) in [6.45, 7) is 2.51. The van der Waals surface area contributed by atoms with Crippen LogP contribution >= 0.6 is 0 Å². The van der Waals surface area contributed by atoms with E-state index in [0.29, 0.717) is 45.4 Å². The minimum Gasteiger partial charge on any atom is -0.370 e. The topological polar surface area (TPSA) is 83.7 Å². The van der Waals surface area contributed by atoms with Gasteiger partial charge in [-0.25, -0.2) is 0 Å². The Morgan fingerprint density at radius 2 is 1.59 bits per heavy atom. The van der Waals surface area contributed by atoms with Gasteiger partial charge in [-0.3, -0.25) is 14.4 Å². The third-order valence-corrected chi connectivity index (χ3v) is 6.24. The summed E-state index contributed by atoms with van der Waals surface area (Å²) in [7, 11) is 0. The lowest BCUT2D eigenvalue weighted by molar-refractivity contribution is -0.136. The molecule has 6 nitrogen and oxygen atoms in total. The molecule has 6 heteroatoms. The predicted octanol–water partition coefficient (Wildman–Crippen LogP) is 2.42. The van der Waals surface area contributed by atoms with Crippen LogP contribution in [0.2, 0.25) is 0 Å². The van der Waals surface area contributed by atoms with E-state index in [2.05, 4.69) is 0 Å². The molecule has 0 aliphatic carbocycles. The van der Waals surface area contributed by atoms with Crippen LogP contribution in [0.15, 0.2) is 42.5 Å². The van der Waals surface area contributed by atoms with Crippen LogP contribution in [-0.2, 0) is 9.59 Å². The normalized spacial score (nSPS) is 20.2. The molecular weight excluding hydrogens is 366 g/mol. The highest BCUT2D eigenvalue weighted by molar-refractivity contribution is 6.07. The lowest BCUT2D eigenvalue weighted by Gasteiger charge is -2.33. The molecule has 0 spiro atoms. The van der Waals surface area contributed by atoms with Gasteiger partial charge >= 0.3 is 0 Å². The Bertz CT molecular complexity index is 929. The summed E-state index contributed by atoms with van der Waals surface area (Å²) in [5.41, 5.74) is 6.01. The molecule has 3 amide bonds. The van der Waals surface area contributed by atoms with Gasteiger partial charge in [0.25, 0.3) is 5.91 Å². The third kappa shape index (κ3) is 4.11. The van der Waals surface area contributed by atoms with Crippen molar-refractivity contribution in [2.24, 2.45) is 17.6 Å². The van der Waals surface area contributed by atoms with Gasteiger partial charge in [-0.1, -0.05) is 36.4 Å². The van der Waals surface area contributed by atoms with Crippen molar-refractivity contribution in [2.75, 3.05) is 26.2 Å². The van der Waals surface area contributed by atoms with Gasteiger partial charge in [-0.15, -0.1) is 0 Å². The van der Waals surface area contributed by atoms with Gasteiger partial charge in [0, 0.05) is 44.1 Å². The van der Waals surface area contributed by atoms with Crippen molar-refractivity contribution in [3.63, 3.8) is 0 Å². The fourth-order valence-electron chi connectivity index (χ4n) is 4.65. The van der Waals surface area contributed by atoms with E-state index in [1.807, 2.05) is 52.3 Å². The molecule has 2 heterocycles. The predicted molar refractivity (Wildman–Crippen MR) is 111 cm³/mol. The molecule has 1 atom stereocenters. The summed E-state index contributed by atoms with van der Waals surface area (Å²) in [4.78, 5) is 40.8. The van der Waals surface area contributed by atoms with Crippen molar-refractivity contribution in [1.29, 1.82) is 0 Å². The molecule has 2 saturated heterocycles. The molecule has 2 aromatic carbocycles. The maximum absolute atomic E-state index is 13.1. The summed E-state index contributed by atoms with van der Waals surface area (Å²) in [5, 5.41) is 2.03. The average Bonchev–Trinajstić information content (AvgIpc) is 3.20. The molecule has 29 heavy (non-hydrogen) atoms. The zero-order valence-electron chi connectivity index (χ0n) is 16.5. The van der Waals surface area contributed by atoms with Gasteiger partial charge in [0.15, 0.2) is 0 Å². The summed E-state index contributed by atoms with van der Waals surface area (Å²) in [6, 6.07) is 13.7. The number of benzene rings is 2. The molecule has 4 rings (SSSR count). The number of nitrogens with zero attached hydrogens (tertiary/aromatic N) is 2. The summed E-state index contributed by atoms with van der Waals surface area (Å²) >= 11 is 0. The van der Waals surface area contributed by atoms with Gasteiger partial charge in [0.05, 0.1) is 0 Å². The third-order valence-electron chi connectivity index (χ3n) is 6.24. The maximum atomic E-state index is 13.1. The van der Waals surface area contributed by atoms with Crippen molar-refractivity contribution in [3.8, 4) is 0 Å². The molecule has 0 radical (unpaired) electrons. The van der Waals surface area contributed by atoms with Crippen molar-refractivity contribution in [3.05, 3.63) is 48.0 Å². The van der Waals surface area contributed by atoms with Crippen molar-refractivity contribution in [1.82, 2.24) is 9.80 Å². The van der Waals surface area contributed by atoms with E-state index in [-0.39, 0.29) is 29.6 Å². The van der Waals surface area contributed by atoms with Crippen LogP contribution in [0.3, 0.4) is 0 Å². The van der Waals surface area contributed by atoms with E-state index in [1.165, 1.54) is 0 Å². The standard InChI is InChI=1S/C23H27N3O3/c24-21(27)14-16-8-11-26(15-16)22(28)18-9-12-25(13-10-18)23(29)20-7-3-5-17-4-1-2-6-19(17)20/h1-7,16,18H,8-15H2,(H2,24,27). The minimum atomic E-state index is -0.301. The van der Waals surface area contributed by atoms with E-state index < -0.39 is 0 Å². The summed E-state index contributed by atoms with van der Waals surface area (Å²) in [6.07, 6.45) is 2.56. The van der Waals surface area contributed by atoms with Crippen LogP contribution in [0.5, 0.6) is 0 Å². The van der Waals surface area contributed by atoms with E-state index in [1.54, 1.807) is 0 Å². The quantitative estimate of drug-likeness (QED) is 0.866. The number of carbonyl (C=O) groups excluding carboxylic acids is 3. The van der Waals surface area contributed by atoms with Crippen LogP contribution in [0.1, 0.15) is 36.0 Å². The zero-order valence-corrected chi connectivity index (χ0v) is 16.5. The van der Waals surface area contributed by atoms with Crippen LogP contribution in [0.4, 0.5) is 0 Å². The molecule has 0 bridgehead atoms. The first kappa shape index (κ1) is 19.4. The van der Waals surface area contributed by atoms with E-state index >= 15 is 0 Å². The fourth-order valence-corrected chi connectivity index (χ4v) is 4.65. The number of amides is 3. The molecule has 1 unspecified atom stereocenters. The molecule has 0 aromatic heterocycles. The molecular formula is C23H27N3O3. The Morgan fingerprint density at radius 1 is 0.897 bits per heavy atom. The van der Waals surface area contributed by atoms with E-state index in [4.69, 9.17) is 5.73 Å². The number of carbonyl (C=O) groups is 3. The highest BCUT2D eigenvalue weighted by atomic mass is 16.2. The first-order valence-electron chi connectivity index (χ1n) is 10.4. The first-order valence-corrected chi connectivity index (χ1v) is 10.4. The molecule has 152 valence electrons. The number of rotatable bonds is 4. The number of primary amides is 1. The van der Waals surface area contributed by atoms with Gasteiger partial charge in [-0.2, -0.15) is 0 Å². The van der Waals surface area contributed by atoms with Crippen molar-refractivity contribution in [2.45, 2.75) is 25.7 Å². The van der Waals surface area contributed by atoms with Crippen LogP contribution in [-0.4, -0.2) is 53.7 Å². The number of piperidine rings is 1. The van der Waals surface area contributed by atoms with Gasteiger partial charge in [0.1, 0.15) is 0 Å². The molecule has 0 saturated carbocycles. The lowest BCUT2D eigenvalue weighted by atomic mass is 9.94. The van der Waals surface area contributed by atoms with Gasteiger partial charge in [0.2, 0.25) is 11.8 Å². The number of hydrogen-bond donors (Lipinski definition) is 1. The zero-order chi connectivity index (χ0) is 20.4. The van der Waals surface area contributed by atoms with Crippen LogP contribution in [0, 0.1) is 11.8 Å². The number of likely N-dealkylation sites (tertiary alicyclic amines) is 2. The fraction of sp³-hybridized carbons (Fsp3) is 0.435. The van der Waals surface area contributed by atoms with Crippen molar-refractivity contribution < 1.29 is 14.4 Å². The second-order valence-corrected chi connectivity index (χ2v) is 8.20. The summed E-state index contributed by atoms with van der Waals surface area (Å²) in [5.74, 6) is 0.0394. The highest BCUT2D eigenvalue weighted by Gasteiger charge is 2.34. The lowest BCUT2D eigenvalue weighted by Crippen LogP contribution is -2.44. The molecule has 2 fully saturated rings. The van der Waals surface area contributed by atoms with Gasteiger partial charge < -0.3 is 15.5 Å². The Balaban J connectivity index is 1.36. The largest absolute Gasteiger partial charge is 0.370 e. The Hall–Kier alpha value is -2.89.